The number of carbonyl (C=O) groups excluding carboxylic acids is 1. The highest BCUT2D eigenvalue weighted by atomic mass is 32.2. The number of carbonyl (C=O) groups is 3. The summed E-state index contributed by atoms with van der Waals surface area (Å²) in [6.45, 7) is -0.125. The van der Waals surface area contributed by atoms with Crippen LogP contribution >= 0.6 is 0 Å². The minimum atomic E-state index is -3.77. The zero-order chi connectivity index (χ0) is 14.8. The number of rotatable bonds is 6. The van der Waals surface area contributed by atoms with E-state index in [1.165, 1.54) is 0 Å². The highest BCUT2D eigenvalue weighted by Crippen LogP contribution is 2.22. The summed E-state index contributed by atoms with van der Waals surface area (Å²) in [5.41, 5.74) is 0. The molecule has 1 heterocycles. The lowest BCUT2D eigenvalue weighted by Gasteiger charge is -2.23. The fourth-order valence-corrected chi connectivity index (χ4v) is 2.93. The minimum absolute atomic E-state index is 0.125. The van der Waals surface area contributed by atoms with Gasteiger partial charge in [-0.1, -0.05) is 0 Å². The molecule has 0 aromatic carbocycles. The third-order valence-corrected chi connectivity index (χ3v) is 3.67. The second-order valence-corrected chi connectivity index (χ2v) is 6.06. The number of sulfonamides is 1. The van der Waals surface area contributed by atoms with E-state index < -0.39 is 52.0 Å². The van der Waals surface area contributed by atoms with E-state index in [0.29, 0.717) is 0 Å². The van der Waals surface area contributed by atoms with Gasteiger partial charge >= 0.3 is 11.9 Å². The van der Waals surface area contributed by atoms with E-state index in [4.69, 9.17) is 15.4 Å². The van der Waals surface area contributed by atoms with E-state index >= 15 is 0 Å². The average Bonchev–Trinajstić information content (AvgIpc) is 2.52. The maximum atomic E-state index is 11.6. The van der Waals surface area contributed by atoms with Crippen molar-refractivity contribution in [3.8, 4) is 0 Å². The lowest BCUT2D eigenvalue weighted by molar-refractivity contribution is -0.153. The van der Waals surface area contributed by atoms with Gasteiger partial charge in [0.1, 0.15) is 6.04 Å². The molecule has 0 aromatic heterocycles. The highest BCUT2D eigenvalue weighted by Gasteiger charge is 2.39. The molecule has 0 spiro atoms. The van der Waals surface area contributed by atoms with Gasteiger partial charge in [-0.05, 0) is 0 Å². The molecule has 19 heavy (non-hydrogen) atoms. The van der Waals surface area contributed by atoms with Crippen molar-refractivity contribution in [2.45, 2.75) is 18.9 Å². The van der Waals surface area contributed by atoms with Crippen LogP contribution in [-0.4, -0.2) is 59.7 Å². The number of carboxylic acids is 2. The van der Waals surface area contributed by atoms with Crippen LogP contribution in [0.4, 0.5) is 0 Å². The van der Waals surface area contributed by atoms with Gasteiger partial charge in [-0.3, -0.25) is 9.59 Å². The van der Waals surface area contributed by atoms with Gasteiger partial charge in [-0.2, -0.15) is 0 Å². The Morgan fingerprint density at radius 2 is 2.00 bits per heavy atom. The van der Waals surface area contributed by atoms with E-state index in [1.54, 1.807) is 0 Å². The molecule has 0 aliphatic carbocycles. The molecule has 108 valence electrons. The number of hydrogen-bond donors (Lipinski definition) is 3. The van der Waals surface area contributed by atoms with Gasteiger partial charge in [0.15, 0.2) is 0 Å². The van der Waals surface area contributed by atoms with E-state index in [-0.39, 0.29) is 13.0 Å². The average molecular weight is 294 g/mol. The largest absolute Gasteiger partial charge is 0.481 e. The van der Waals surface area contributed by atoms with Gasteiger partial charge < -0.3 is 15.1 Å². The Hall–Kier alpha value is -1.68. The zero-order valence-electron chi connectivity index (χ0n) is 9.85. The van der Waals surface area contributed by atoms with Gasteiger partial charge in [-0.25, -0.2) is 18.4 Å². The maximum Gasteiger partial charge on any atom is 0.327 e. The van der Waals surface area contributed by atoms with Crippen LogP contribution in [-0.2, 0) is 24.4 Å². The van der Waals surface area contributed by atoms with E-state index in [2.05, 4.69) is 0 Å². The summed E-state index contributed by atoms with van der Waals surface area (Å²) in [6, 6.07) is -1.49. The molecule has 0 aromatic rings. The predicted octanol–water partition coefficient (Wildman–Crippen LogP) is -1.95. The maximum absolute atomic E-state index is 11.6. The van der Waals surface area contributed by atoms with Gasteiger partial charge in [0.25, 0.3) is 0 Å². The van der Waals surface area contributed by atoms with E-state index in [9.17, 15) is 22.8 Å². The Morgan fingerprint density at radius 1 is 1.42 bits per heavy atom. The van der Waals surface area contributed by atoms with Crippen LogP contribution in [0.1, 0.15) is 12.8 Å². The second kappa shape index (κ2) is 5.53. The number of carboxylic acid groups (broad SMARTS) is 2. The number of hydrogen-bond acceptors (Lipinski definition) is 5. The van der Waals surface area contributed by atoms with Gasteiger partial charge in [0, 0.05) is 18.9 Å². The first-order chi connectivity index (χ1) is 8.60. The van der Waals surface area contributed by atoms with Crippen molar-refractivity contribution in [3.05, 3.63) is 0 Å². The Kier molecular flexibility index (Phi) is 4.48. The molecule has 0 saturated carbocycles. The smallest absolute Gasteiger partial charge is 0.327 e. The molecule has 4 N–H and O–H groups in total. The Bertz CT molecular complexity index is 501. The molecular weight excluding hydrogens is 280 g/mol. The third kappa shape index (κ3) is 4.48. The van der Waals surface area contributed by atoms with Crippen molar-refractivity contribution < 1.29 is 33.0 Å². The fraction of sp³-hybridized carbons (Fsp3) is 0.667. The first-order valence-corrected chi connectivity index (χ1v) is 7.06. The fourth-order valence-electron chi connectivity index (χ4n) is 2.05. The minimum Gasteiger partial charge on any atom is -0.481 e. The molecule has 0 radical (unpaired) electrons. The van der Waals surface area contributed by atoms with Crippen LogP contribution in [0.15, 0.2) is 0 Å². The highest BCUT2D eigenvalue weighted by molar-refractivity contribution is 7.89. The van der Waals surface area contributed by atoms with Crippen molar-refractivity contribution in [1.82, 2.24) is 4.90 Å². The molecule has 9 nitrogen and oxygen atoms in total. The summed E-state index contributed by atoms with van der Waals surface area (Å²) in [6.07, 6.45) is -0.886. The first-order valence-electron chi connectivity index (χ1n) is 5.34. The summed E-state index contributed by atoms with van der Waals surface area (Å²) in [5, 5.41) is 22.4. The summed E-state index contributed by atoms with van der Waals surface area (Å²) >= 11 is 0. The molecular formula is C9H14N2O7S. The van der Waals surface area contributed by atoms with Crippen molar-refractivity contribution in [3.63, 3.8) is 0 Å². The third-order valence-electron chi connectivity index (χ3n) is 2.74. The van der Waals surface area contributed by atoms with E-state index in [1.807, 2.05) is 0 Å². The Morgan fingerprint density at radius 3 is 2.42 bits per heavy atom. The Labute approximate surface area is 109 Å². The van der Waals surface area contributed by atoms with E-state index in [0.717, 1.165) is 4.90 Å². The standard InChI is InChI=1S/C9H14N2O7S/c10-19(17,18)4-5-1-7(12)11(3-5)6(9(15)16)2-8(13)14/h5-6H,1-4H2,(H,13,14)(H,15,16)(H2,10,17,18). The summed E-state index contributed by atoms with van der Waals surface area (Å²) < 4.78 is 21.8. The number of likely N-dealkylation sites (tertiary alicyclic amines) is 1. The van der Waals surface area contributed by atoms with Crippen molar-refractivity contribution in [2.75, 3.05) is 12.3 Å². The van der Waals surface area contributed by atoms with Crippen molar-refractivity contribution >= 4 is 27.9 Å². The summed E-state index contributed by atoms with van der Waals surface area (Å²) in [4.78, 5) is 34.0. The van der Waals surface area contributed by atoms with Crippen LogP contribution < -0.4 is 5.14 Å². The lowest BCUT2D eigenvalue weighted by atomic mass is 10.1. The zero-order valence-corrected chi connectivity index (χ0v) is 10.7. The normalized spacial score (nSPS) is 21.4. The molecule has 10 heteroatoms. The van der Waals surface area contributed by atoms with Crippen LogP contribution in [0.3, 0.4) is 0 Å². The monoisotopic (exact) mass is 294 g/mol. The van der Waals surface area contributed by atoms with Crippen molar-refractivity contribution in [1.29, 1.82) is 0 Å². The Balaban J connectivity index is 2.80. The topological polar surface area (TPSA) is 155 Å². The molecule has 2 atom stereocenters. The molecule has 2 unspecified atom stereocenters. The van der Waals surface area contributed by atoms with Crippen LogP contribution in [0.5, 0.6) is 0 Å². The molecule has 1 aliphatic heterocycles. The molecule has 1 fully saturated rings. The second-order valence-electron chi connectivity index (χ2n) is 4.40. The summed E-state index contributed by atoms with van der Waals surface area (Å²) in [7, 11) is -3.77. The molecule has 1 aliphatic rings. The predicted molar refractivity (Wildman–Crippen MR) is 61.5 cm³/mol. The van der Waals surface area contributed by atoms with Crippen LogP contribution in [0.25, 0.3) is 0 Å². The quantitative estimate of drug-likeness (QED) is 0.514. The van der Waals surface area contributed by atoms with Crippen LogP contribution in [0.2, 0.25) is 0 Å². The molecule has 1 saturated heterocycles. The van der Waals surface area contributed by atoms with Gasteiger partial charge in [-0.15, -0.1) is 0 Å². The van der Waals surface area contributed by atoms with Gasteiger partial charge in [0.05, 0.1) is 12.2 Å². The number of amides is 1. The number of nitrogens with two attached hydrogens (primary N) is 1. The number of aliphatic carboxylic acids is 2. The summed E-state index contributed by atoms with van der Waals surface area (Å²) in [5.74, 6) is -4.42. The SMILES string of the molecule is NS(=O)(=O)CC1CC(=O)N(C(CC(=O)O)C(=O)O)C1. The first kappa shape index (κ1) is 15.4. The molecule has 1 amide bonds. The van der Waals surface area contributed by atoms with Gasteiger partial charge in [0.2, 0.25) is 15.9 Å². The number of primary sulfonamides is 1. The lowest BCUT2D eigenvalue weighted by Crippen LogP contribution is -2.43. The molecule has 0 bridgehead atoms. The molecule has 1 rings (SSSR count). The van der Waals surface area contributed by atoms with Crippen LogP contribution in [0, 0.1) is 5.92 Å². The van der Waals surface area contributed by atoms with Crippen molar-refractivity contribution in [2.24, 2.45) is 11.1 Å². The number of nitrogens with zero attached hydrogens (tertiary/aromatic N) is 1.